The number of benzene rings is 2. The van der Waals surface area contributed by atoms with E-state index >= 15 is 0 Å². The first-order valence-electron chi connectivity index (χ1n) is 9.88. The standard InChI is InChI=1S/C23H24N2O5S/c1-3-30-18-10-9-17(13-19(18)29-2)14-20-22(27)25(23(28)31-20)12-11-24-21(26)15-16-7-5-4-6-8-16/h4-10,13-14H,3,11-12,15H2,1-2H3,(H,24,26)/b20-14-. The molecule has 0 bridgehead atoms. The zero-order valence-corrected chi connectivity index (χ0v) is 18.2. The van der Waals surface area contributed by atoms with Gasteiger partial charge in [-0.3, -0.25) is 19.3 Å². The van der Waals surface area contributed by atoms with Gasteiger partial charge in [-0.1, -0.05) is 36.4 Å². The molecule has 1 saturated heterocycles. The normalized spacial score (nSPS) is 14.8. The van der Waals surface area contributed by atoms with Crippen LogP contribution in [0.3, 0.4) is 0 Å². The van der Waals surface area contributed by atoms with E-state index in [4.69, 9.17) is 9.47 Å². The highest BCUT2D eigenvalue weighted by molar-refractivity contribution is 8.18. The van der Waals surface area contributed by atoms with E-state index in [2.05, 4.69) is 5.32 Å². The van der Waals surface area contributed by atoms with Gasteiger partial charge in [0.25, 0.3) is 11.1 Å². The highest BCUT2D eigenvalue weighted by Crippen LogP contribution is 2.34. The minimum atomic E-state index is -0.375. The van der Waals surface area contributed by atoms with Gasteiger partial charge in [0.05, 0.1) is 25.0 Å². The number of nitrogens with zero attached hydrogens (tertiary/aromatic N) is 1. The maximum Gasteiger partial charge on any atom is 0.293 e. The van der Waals surface area contributed by atoms with E-state index in [1.807, 2.05) is 37.3 Å². The van der Waals surface area contributed by atoms with Crippen molar-refractivity contribution in [2.75, 3.05) is 26.8 Å². The summed E-state index contributed by atoms with van der Waals surface area (Å²) in [7, 11) is 1.54. The zero-order chi connectivity index (χ0) is 22.2. The molecule has 0 aromatic heterocycles. The quantitative estimate of drug-likeness (QED) is 0.601. The number of ether oxygens (including phenoxy) is 2. The Morgan fingerprint density at radius 2 is 1.90 bits per heavy atom. The molecule has 0 radical (unpaired) electrons. The number of methoxy groups -OCH3 is 1. The number of carbonyl (C=O) groups excluding carboxylic acids is 3. The lowest BCUT2D eigenvalue weighted by molar-refractivity contribution is -0.124. The van der Waals surface area contributed by atoms with Crippen LogP contribution in [0.25, 0.3) is 6.08 Å². The summed E-state index contributed by atoms with van der Waals surface area (Å²) in [6.07, 6.45) is 1.90. The number of amides is 3. The Bertz CT molecular complexity index is 991. The number of hydrogen-bond donors (Lipinski definition) is 1. The summed E-state index contributed by atoms with van der Waals surface area (Å²) in [6, 6.07) is 14.7. The van der Waals surface area contributed by atoms with Crippen molar-refractivity contribution in [1.82, 2.24) is 10.2 Å². The molecule has 0 atom stereocenters. The lowest BCUT2D eigenvalue weighted by Crippen LogP contribution is -2.37. The van der Waals surface area contributed by atoms with Gasteiger partial charge < -0.3 is 14.8 Å². The van der Waals surface area contributed by atoms with E-state index < -0.39 is 0 Å². The summed E-state index contributed by atoms with van der Waals surface area (Å²) in [6.45, 7) is 2.72. The summed E-state index contributed by atoms with van der Waals surface area (Å²) in [5, 5.41) is 2.40. The SMILES string of the molecule is CCOc1ccc(/C=C2\SC(=O)N(CCNC(=O)Cc3ccccc3)C2=O)cc1OC. The van der Waals surface area contributed by atoms with E-state index in [0.29, 0.717) is 23.0 Å². The summed E-state index contributed by atoms with van der Waals surface area (Å²) in [5.41, 5.74) is 1.63. The molecule has 1 aliphatic rings. The van der Waals surface area contributed by atoms with Crippen molar-refractivity contribution >= 4 is 34.9 Å². The highest BCUT2D eigenvalue weighted by Gasteiger charge is 2.34. The Morgan fingerprint density at radius 3 is 2.61 bits per heavy atom. The predicted octanol–water partition coefficient (Wildman–Crippen LogP) is 3.49. The van der Waals surface area contributed by atoms with Crippen molar-refractivity contribution in [3.05, 3.63) is 64.6 Å². The Morgan fingerprint density at radius 1 is 1.13 bits per heavy atom. The molecule has 162 valence electrons. The predicted molar refractivity (Wildman–Crippen MR) is 120 cm³/mol. The Hall–Kier alpha value is -3.26. The fourth-order valence-corrected chi connectivity index (χ4v) is 3.91. The van der Waals surface area contributed by atoms with Crippen molar-refractivity contribution in [3.63, 3.8) is 0 Å². The van der Waals surface area contributed by atoms with Crippen LogP contribution in [0.1, 0.15) is 18.1 Å². The number of carbonyl (C=O) groups is 3. The van der Waals surface area contributed by atoms with E-state index in [-0.39, 0.29) is 36.6 Å². The Labute approximate surface area is 185 Å². The maximum atomic E-state index is 12.7. The second-order valence-electron chi connectivity index (χ2n) is 6.69. The molecule has 3 rings (SSSR count). The molecule has 8 heteroatoms. The topological polar surface area (TPSA) is 84.9 Å². The molecule has 0 saturated carbocycles. The van der Waals surface area contributed by atoms with Gasteiger partial charge in [0, 0.05) is 13.1 Å². The average molecular weight is 441 g/mol. The van der Waals surface area contributed by atoms with E-state index in [1.165, 1.54) is 0 Å². The molecule has 0 spiro atoms. The van der Waals surface area contributed by atoms with Crippen LogP contribution in [-0.2, 0) is 16.0 Å². The van der Waals surface area contributed by atoms with Crippen molar-refractivity contribution in [2.45, 2.75) is 13.3 Å². The first kappa shape index (κ1) is 22.4. The molecular weight excluding hydrogens is 416 g/mol. The second kappa shape index (κ2) is 10.7. The van der Waals surface area contributed by atoms with Gasteiger partial charge in [-0.05, 0) is 48.0 Å². The molecule has 2 aromatic carbocycles. The van der Waals surface area contributed by atoms with Crippen LogP contribution in [0.15, 0.2) is 53.4 Å². The van der Waals surface area contributed by atoms with Crippen LogP contribution in [0.2, 0.25) is 0 Å². The third-order valence-electron chi connectivity index (χ3n) is 4.52. The number of hydrogen-bond acceptors (Lipinski definition) is 6. The summed E-state index contributed by atoms with van der Waals surface area (Å²) in [5.74, 6) is 0.632. The summed E-state index contributed by atoms with van der Waals surface area (Å²) in [4.78, 5) is 38.5. The number of rotatable bonds is 9. The van der Waals surface area contributed by atoms with Crippen molar-refractivity contribution in [2.24, 2.45) is 0 Å². The van der Waals surface area contributed by atoms with Crippen LogP contribution < -0.4 is 14.8 Å². The molecular formula is C23H24N2O5S. The smallest absolute Gasteiger partial charge is 0.293 e. The molecule has 7 nitrogen and oxygen atoms in total. The molecule has 0 unspecified atom stereocenters. The van der Waals surface area contributed by atoms with Gasteiger partial charge in [-0.2, -0.15) is 0 Å². The Kier molecular flexibility index (Phi) is 7.72. The van der Waals surface area contributed by atoms with Gasteiger partial charge >= 0.3 is 0 Å². The van der Waals surface area contributed by atoms with Gasteiger partial charge in [-0.15, -0.1) is 0 Å². The van der Waals surface area contributed by atoms with Crippen LogP contribution in [-0.4, -0.2) is 48.8 Å². The third-order valence-corrected chi connectivity index (χ3v) is 5.43. The van der Waals surface area contributed by atoms with Crippen molar-refractivity contribution in [1.29, 1.82) is 0 Å². The molecule has 3 amide bonds. The number of nitrogens with one attached hydrogen (secondary N) is 1. The van der Waals surface area contributed by atoms with Gasteiger partial charge in [0.1, 0.15) is 0 Å². The van der Waals surface area contributed by atoms with Gasteiger partial charge in [-0.25, -0.2) is 0 Å². The molecule has 0 aliphatic carbocycles. The first-order chi connectivity index (χ1) is 15.0. The van der Waals surface area contributed by atoms with E-state index in [1.54, 1.807) is 31.4 Å². The largest absolute Gasteiger partial charge is 0.493 e. The van der Waals surface area contributed by atoms with Crippen molar-refractivity contribution in [3.8, 4) is 11.5 Å². The molecule has 1 N–H and O–H groups in total. The van der Waals surface area contributed by atoms with E-state index in [9.17, 15) is 14.4 Å². The fourth-order valence-electron chi connectivity index (χ4n) is 3.04. The van der Waals surface area contributed by atoms with Gasteiger partial charge in [0.15, 0.2) is 11.5 Å². The minimum Gasteiger partial charge on any atom is -0.493 e. The minimum absolute atomic E-state index is 0.120. The highest BCUT2D eigenvalue weighted by atomic mass is 32.2. The molecule has 1 heterocycles. The monoisotopic (exact) mass is 440 g/mol. The number of imide groups is 1. The van der Waals surface area contributed by atoms with Gasteiger partial charge in [0.2, 0.25) is 5.91 Å². The lowest BCUT2D eigenvalue weighted by atomic mass is 10.1. The summed E-state index contributed by atoms with van der Waals surface area (Å²) < 4.78 is 10.8. The molecule has 1 aliphatic heterocycles. The van der Waals surface area contributed by atoms with Crippen LogP contribution in [0.5, 0.6) is 11.5 Å². The van der Waals surface area contributed by atoms with E-state index in [0.717, 1.165) is 27.8 Å². The number of thioether (sulfide) groups is 1. The zero-order valence-electron chi connectivity index (χ0n) is 17.4. The average Bonchev–Trinajstić information content (AvgIpc) is 3.03. The third kappa shape index (κ3) is 5.88. The summed E-state index contributed by atoms with van der Waals surface area (Å²) >= 11 is 0.880. The van der Waals surface area contributed by atoms with Crippen LogP contribution in [0, 0.1) is 0 Å². The maximum absolute atomic E-state index is 12.7. The van der Waals surface area contributed by atoms with Crippen molar-refractivity contribution < 1.29 is 23.9 Å². The van der Waals surface area contributed by atoms with Crippen LogP contribution in [0.4, 0.5) is 4.79 Å². The Balaban J connectivity index is 1.58. The lowest BCUT2D eigenvalue weighted by Gasteiger charge is -2.13. The van der Waals surface area contributed by atoms with Crippen LogP contribution >= 0.6 is 11.8 Å². The fraction of sp³-hybridized carbons (Fsp3) is 0.261. The molecule has 31 heavy (non-hydrogen) atoms. The first-order valence-corrected chi connectivity index (χ1v) is 10.7. The molecule has 1 fully saturated rings. The molecule has 2 aromatic rings. The second-order valence-corrected chi connectivity index (χ2v) is 7.68.